The smallest absolute Gasteiger partial charge is 0.335 e. The molecule has 0 spiro atoms. The Hall–Kier alpha value is -2.13. The Morgan fingerprint density at radius 1 is 1.00 bits per heavy atom. The van der Waals surface area contributed by atoms with E-state index in [1.807, 2.05) is 45.0 Å². The number of carboxylic acid groups (broad SMARTS) is 1. The van der Waals surface area contributed by atoms with Gasteiger partial charge < -0.3 is 9.84 Å². The molecule has 3 nitrogen and oxygen atoms in total. The van der Waals surface area contributed by atoms with Crippen molar-refractivity contribution in [1.29, 1.82) is 0 Å². The summed E-state index contributed by atoms with van der Waals surface area (Å²) in [7, 11) is 0. The first-order valence-corrected chi connectivity index (χ1v) is 7.02. The molecular weight excluding hydrogens is 264 g/mol. The molecule has 110 valence electrons. The zero-order valence-corrected chi connectivity index (χ0v) is 12.6. The average molecular weight is 284 g/mol. The van der Waals surface area contributed by atoms with E-state index in [2.05, 4.69) is 12.1 Å². The lowest BCUT2D eigenvalue weighted by molar-refractivity contribution is -0.0140. The van der Waals surface area contributed by atoms with E-state index >= 15 is 0 Å². The van der Waals surface area contributed by atoms with Crippen molar-refractivity contribution in [3.63, 3.8) is 0 Å². The summed E-state index contributed by atoms with van der Waals surface area (Å²) in [6.07, 6.45) is 0. The molecule has 0 unspecified atom stereocenters. The van der Waals surface area contributed by atoms with Gasteiger partial charge in [0.15, 0.2) is 0 Å². The van der Waals surface area contributed by atoms with E-state index in [9.17, 15) is 4.79 Å². The van der Waals surface area contributed by atoms with E-state index in [4.69, 9.17) is 9.84 Å². The van der Waals surface area contributed by atoms with Crippen LogP contribution in [0, 0.1) is 0 Å². The van der Waals surface area contributed by atoms with Crippen LogP contribution in [-0.4, -0.2) is 17.7 Å². The number of ether oxygens (including phenoxy) is 1. The highest BCUT2D eigenvalue weighted by atomic mass is 16.5. The fraction of sp³-hybridized carbons (Fsp3) is 0.278. The van der Waals surface area contributed by atoms with Crippen LogP contribution in [-0.2, 0) is 10.3 Å². The van der Waals surface area contributed by atoms with Crippen molar-refractivity contribution in [3.05, 3.63) is 59.7 Å². The van der Waals surface area contributed by atoms with E-state index in [0.717, 1.165) is 16.7 Å². The molecule has 3 heteroatoms. The number of hydrogen-bond acceptors (Lipinski definition) is 2. The summed E-state index contributed by atoms with van der Waals surface area (Å²) in [5, 5.41) is 8.91. The van der Waals surface area contributed by atoms with E-state index in [1.165, 1.54) is 0 Å². The van der Waals surface area contributed by atoms with Crippen molar-refractivity contribution in [3.8, 4) is 11.1 Å². The Kier molecular flexibility index (Phi) is 4.43. The summed E-state index contributed by atoms with van der Waals surface area (Å²) < 4.78 is 5.74. The SMILES string of the molecule is CCOC(C)(C)c1ccc(-c2ccc(C(=O)O)cc2)cc1. The Morgan fingerprint density at radius 2 is 1.48 bits per heavy atom. The van der Waals surface area contributed by atoms with Crippen LogP contribution >= 0.6 is 0 Å². The van der Waals surface area contributed by atoms with E-state index < -0.39 is 5.97 Å². The van der Waals surface area contributed by atoms with E-state index in [0.29, 0.717) is 12.2 Å². The van der Waals surface area contributed by atoms with E-state index in [-0.39, 0.29) is 5.60 Å². The molecule has 0 aliphatic rings. The van der Waals surface area contributed by atoms with Gasteiger partial charge in [-0.2, -0.15) is 0 Å². The number of carboxylic acids is 1. The molecule has 0 aliphatic carbocycles. The van der Waals surface area contributed by atoms with E-state index in [1.54, 1.807) is 12.1 Å². The monoisotopic (exact) mass is 284 g/mol. The maximum Gasteiger partial charge on any atom is 0.335 e. The van der Waals surface area contributed by atoms with Gasteiger partial charge in [-0.05, 0) is 49.6 Å². The fourth-order valence-electron chi connectivity index (χ4n) is 2.31. The second-order valence-corrected chi connectivity index (χ2v) is 5.40. The van der Waals surface area contributed by atoms with Gasteiger partial charge >= 0.3 is 5.97 Å². The highest BCUT2D eigenvalue weighted by Crippen LogP contribution is 2.27. The minimum Gasteiger partial charge on any atom is -0.478 e. The van der Waals surface area contributed by atoms with Crippen LogP contribution in [0.25, 0.3) is 11.1 Å². The molecule has 2 rings (SSSR count). The summed E-state index contributed by atoms with van der Waals surface area (Å²) in [5.41, 5.74) is 3.17. The topological polar surface area (TPSA) is 46.5 Å². The van der Waals surface area contributed by atoms with Gasteiger partial charge in [-0.1, -0.05) is 36.4 Å². The molecule has 0 saturated carbocycles. The summed E-state index contributed by atoms with van der Waals surface area (Å²) in [5.74, 6) is -0.907. The molecule has 0 amide bonds. The standard InChI is InChI=1S/C18H20O3/c1-4-21-18(2,3)16-11-9-14(10-12-16)13-5-7-15(8-6-13)17(19)20/h5-12H,4H2,1-3H3,(H,19,20). The summed E-state index contributed by atoms with van der Waals surface area (Å²) in [6, 6.07) is 15.1. The summed E-state index contributed by atoms with van der Waals surface area (Å²) >= 11 is 0. The molecule has 0 saturated heterocycles. The van der Waals surface area contributed by atoms with Gasteiger partial charge in [0.25, 0.3) is 0 Å². The summed E-state index contributed by atoms with van der Waals surface area (Å²) in [4.78, 5) is 10.9. The lowest BCUT2D eigenvalue weighted by Crippen LogP contribution is -2.21. The van der Waals surface area contributed by atoms with Crippen LogP contribution in [0.3, 0.4) is 0 Å². The van der Waals surface area contributed by atoms with Crippen molar-refractivity contribution in [2.75, 3.05) is 6.61 Å². The molecule has 0 radical (unpaired) electrons. The molecule has 0 aliphatic heterocycles. The first kappa shape index (κ1) is 15.3. The average Bonchev–Trinajstić information content (AvgIpc) is 2.47. The van der Waals surface area contributed by atoms with Crippen LogP contribution in [0.1, 0.15) is 36.7 Å². The van der Waals surface area contributed by atoms with Gasteiger partial charge in [0.1, 0.15) is 0 Å². The van der Waals surface area contributed by atoms with Crippen LogP contribution in [0.2, 0.25) is 0 Å². The normalized spacial score (nSPS) is 11.4. The molecule has 0 atom stereocenters. The molecule has 0 bridgehead atoms. The fourth-order valence-corrected chi connectivity index (χ4v) is 2.31. The minimum absolute atomic E-state index is 0.299. The van der Waals surface area contributed by atoms with Crippen molar-refractivity contribution in [2.24, 2.45) is 0 Å². The maximum atomic E-state index is 10.9. The molecular formula is C18H20O3. The minimum atomic E-state index is -0.907. The number of benzene rings is 2. The van der Waals surface area contributed by atoms with Gasteiger partial charge in [-0.3, -0.25) is 0 Å². The second-order valence-electron chi connectivity index (χ2n) is 5.40. The number of hydrogen-bond donors (Lipinski definition) is 1. The third-order valence-electron chi connectivity index (χ3n) is 3.55. The number of rotatable bonds is 5. The molecule has 0 heterocycles. The van der Waals surface area contributed by atoms with Gasteiger partial charge in [-0.25, -0.2) is 4.79 Å². The zero-order valence-electron chi connectivity index (χ0n) is 12.6. The van der Waals surface area contributed by atoms with Crippen LogP contribution in [0.4, 0.5) is 0 Å². The molecule has 2 aromatic carbocycles. The first-order chi connectivity index (χ1) is 9.94. The quantitative estimate of drug-likeness (QED) is 0.889. The van der Waals surface area contributed by atoms with Gasteiger partial charge in [0.2, 0.25) is 0 Å². The third-order valence-corrected chi connectivity index (χ3v) is 3.55. The van der Waals surface area contributed by atoms with Gasteiger partial charge in [-0.15, -0.1) is 0 Å². The first-order valence-electron chi connectivity index (χ1n) is 7.02. The van der Waals surface area contributed by atoms with Gasteiger partial charge in [0, 0.05) is 6.61 Å². The molecule has 2 aromatic rings. The molecule has 1 N–H and O–H groups in total. The van der Waals surface area contributed by atoms with Crippen LogP contribution in [0.5, 0.6) is 0 Å². The van der Waals surface area contributed by atoms with Crippen molar-refractivity contribution < 1.29 is 14.6 Å². The lowest BCUT2D eigenvalue weighted by atomic mass is 9.95. The Labute approximate surface area is 125 Å². The summed E-state index contributed by atoms with van der Waals surface area (Å²) in [6.45, 7) is 6.76. The Bertz CT molecular complexity index is 610. The Balaban J connectivity index is 2.24. The number of aromatic carboxylic acids is 1. The van der Waals surface area contributed by atoms with Crippen LogP contribution in [0.15, 0.2) is 48.5 Å². The lowest BCUT2D eigenvalue weighted by Gasteiger charge is -2.25. The molecule has 0 aromatic heterocycles. The highest BCUT2D eigenvalue weighted by molar-refractivity contribution is 5.88. The Morgan fingerprint density at radius 3 is 1.90 bits per heavy atom. The molecule has 21 heavy (non-hydrogen) atoms. The van der Waals surface area contributed by atoms with Crippen molar-refractivity contribution in [2.45, 2.75) is 26.4 Å². The number of carbonyl (C=O) groups is 1. The van der Waals surface area contributed by atoms with Gasteiger partial charge in [0.05, 0.1) is 11.2 Å². The predicted molar refractivity (Wildman–Crippen MR) is 83.5 cm³/mol. The highest BCUT2D eigenvalue weighted by Gasteiger charge is 2.20. The van der Waals surface area contributed by atoms with Crippen molar-refractivity contribution in [1.82, 2.24) is 0 Å². The third kappa shape index (κ3) is 3.50. The molecule has 0 fully saturated rings. The van der Waals surface area contributed by atoms with Crippen molar-refractivity contribution >= 4 is 5.97 Å². The largest absolute Gasteiger partial charge is 0.478 e. The van der Waals surface area contributed by atoms with Crippen LogP contribution < -0.4 is 0 Å². The maximum absolute atomic E-state index is 10.9. The predicted octanol–water partition coefficient (Wildman–Crippen LogP) is 4.32. The second kappa shape index (κ2) is 6.10. The zero-order chi connectivity index (χ0) is 15.5.